The van der Waals surface area contributed by atoms with Crippen LogP contribution >= 0.6 is 12.3 Å². The highest BCUT2D eigenvalue weighted by Crippen LogP contribution is 2.34. The number of carbonyl (C=O) groups is 1. The number of nitrogens with one attached hydrogen (secondary N) is 3. The van der Waals surface area contributed by atoms with Gasteiger partial charge in [0, 0.05) is 55.7 Å². The van der Waals surface area contributed by atoms with Gasteiger partial charge in [0.15, 0.2) is 17.4 Å². The Morgan fingerprint density at radius 1 is 1.23 bits per heavy atom. The third kappa shape index (κ3) is 6.21. The molecule has 3 aromatic heterocycles. The van der Waals surface area contributed by atoms with Gasteiger partial charge in [-0.15, -0.1) is 0 Å². The number of hydrogen-bond acceptors (Lipinski definition) is 11. The van der Waals surface area contributed by atoms with Crippen LogP contribution in [0.15, 0.2) is 42.9 Å². The van der Waals surface area contributed by atoms with Crippen molar-refractivity contribution in [2.24, 2.45) is 0 Å². The average molecular weight is 623 g/mol. The van der Waals surface area contributed by atoms with E-state index in [0.717, 1.165) is 55.9 Å². The van der Waals surface area contributed by atoms with E-state index in [0.29, 0.717) is 41.8 Å². The largest absolute Gasteiger partial charge is 0.397 e. The van der Waals surface area contributed by atoms with Crippen molar-refractivity contribution in [2.45, 2.75) is 32.4 Å². The topological polar surface area (TPSA) is 130 Å². The number of aryl methyl sites for hydroxylation is 1. The molecule has 44 heavy (non-hydrogen) atoms. The Balaban J connectivity index is 1.20. The highest BCUT2D eigenvalue weighted by atomic mass is 32.2. The molecular formula is C30H35FN8O4S. The lowest BCUT2D eigenvalue weighted by Crippen LogP contribution is -2.59. The second-order valence-corrected chi connectivity index (χ2v) is 11.4. The summed E-state index contributed by atoms with van der Waals surface area (Å²) in [6.07, 6.45) is 5.88. The van der Waals surface area contributed by atoms with E-state index in [1.165, 1.54) is 13.2 Å². The summed E-state index contributed by atoms with van der Waals surface area (Å²) < 4.78 is 30.4. The molecule has 0 saturated carbocycles. The van der Waals surface area contributed by atoms with Gasteiger partial charge in [0.1, 0.15) is 0 Å². The zero-order valence-corrected chi connectivity index (χ0v) is 25.6. The minimum absolute atomic E-state index is 0.0178. The Kier molecular flexibility index (Phi) is 9.23. The molecule has 6 rings (SSSR count). The quantitative estimate of drug-likeness (QED) is 0.204. The summed E-state index contributed by atoms with van der Waals surface area (Å²) in [5, 5.41) is 6.86. The van der Waals surface area contributed by atoms with Crippen LogP contribution in [-0.2, 0) is 13.7 Å². The summed E-state index contributed by atoms with van der Waals surface area (Å²) >= 11 is 0.671. The van der Waals surface area contributed by atoms with Crippen LogP contribution in [0, 0.1) is 12.7 Å². The molecule has 12 nitrogen and oxygen atoms in total. The number of aromatic amines is 1. The van der Waals surface area contributed by atoms with Crippen molar-refractivity contribution in [2.75, 3.05) is 57.1 Å². The Hall–Kier alpha value is -3.82. The molecule has 14 heteroatoms. The van der Waals surface area contributed by atoms with Crippen molar-refractivity contribution in [3.63, 3.8) is 0 Å². The molecule has 1 atom stereocenters. The van der Waals surface area contributed by atoms with Crippen LogP contribution in [0.3, 0.4) is 0 Å². The van der Waals surface area contributed by atoms with E-state index in [4.69, 9.17) is 18.1 Å². The number of H-pyrrole nitrogens is 1. The third-order valence-corrected chi connectivity index (χ3v) is 8.47. The minimum Gasteiger partial charge on any atom is -0.397 e. The minimum atomic E-state index is -0.596. The Morgan fingerprint density at radius 3 is 2.77 bits per heavy atom. The first-order valence-electron chi connectivity index (χ1n) is 14.6. The highest BCUT2D eigenvalue weighted by Gasteiger charge is 2.33. The van der Waals surface area contributed by atoms with Crippen LogP contribution in [0.25, 0.3) is 22.2 Å². The molecule has 2 aliphatic heterocycles. The Labute approximate surface area is 259 Å². The molecule has 3 N–H and O–H groups in total. The average Bonchev–Trinajstić information content (AvgIpc) is 3.44. The van der Waals surface area contributed by atoms with Gasteiger partial charge in [0.2, 0.25) is 24.2 Å². The van der Waals surface area contributed by atoms with E-state index in [-0.39, 0.29) is 29.3 Å². The summed E-state index contributed by atoms with van der Waals surface area (Å²) in [7, 11) is 1.43. The fraction of sp³-hybridized carbons (Fsp3) is 0.400. The maximum absolute atomic E-state index is 15.0. The van der Waals surface area contributed by atoms with E-state index in [9.17, 15) is 9.18 Å². The number of fused-ring (bicyclic) bond motifs is 1. The van der Waals surface area contributed by atoms with Gasteiger partial charge in [-0.05, 0) is 37.1 Å². The first kappa shape index (κ1) is 30.2. The Morgan fingerprint density at radius 2 is 2.05 bits per heavy atom. The zero-order valence-electron chi connectivity index (χ0n) is 24.8. The van der Waals surface area contributed by atoms with Crippen LogP contribution in [0.4, 0.5) is 21.8 Å². The fourth-order valence-electron chi connectivity index (χ4n) is 5.64. The number of amides is 1. The number of hydrogen-bond donors (Lipinski definition) is 3. The lowest BCUT2D eigenvalue weighted by Gasteiger charge is -2.44. The first-order valence-corrected chi connectivity index (χ1v) is 15.2. The van der Waals surface area contributed by atoms with Crippen LogP contribution in [-0.4, -0.2) is 94.2 Å². The summed E-state index contributed by atoms with van der Waals surface area (Å²) in [5.41, 5.74) is 3.14. The molecule has 1 unspecified atom stereocenters. The molecule has 0 bridgehead atoms. The maximum atomic E-state index is 15.0. The predicted octanol–water partition coefficient (Wildman–Crippen LogP) is 4.53. The monoisotopic (exact) mass is 622 g/mol. The van der Waals surface area contributed by atoms with E-state index in [2.05, 4.69) is 35.4 Å². The molecule has 232 valence electrons. The smallest absolute Gasteiger partial charge is 0.242 e. The van der Waals surface area contributed by atoms with Crippen LogP contribution in [0.1, 0.15) is 18.9 Å². The fourth-order valence-corrected chi connectivity index (χ4v) is 5.91. The number of nitrogens with zero attached hydrogens (tertiary/aromatic N) is 5. The molecule has 4 aromatic rings. The highest BCUT2D eigenvalue weighted by molar-refractivity contribution is 7.90. The number of anilines is 3. The van der Waals surface area contributed by atoms with E-state index in [1.54, 1.807) is 24.5 Å². The lowest BCUT2D eigenvalue weighted by molar-refractivity contribution is -0.123. The number of pyridine rings is 1. The van der Waals surface area contributed by atoms with E-state index < -0.39 is 5.82 Å². The van der Waals surface area contributed by atoms with Gasteiger partial charge >= 0.3 is 0 Å². The Bertz CT molecular complexity index is 1630. The molecule has 1 aromatic carbocycles. The predicted molar refractivity (Wildman–Crippen MR) is 167 cm³/mol. The lowest BCUT2D eigenvalue weighted by atomic mass is 10.1. The zero-order chi connectivity index (χ0) is 30.6. The van der Waals surface area contributed by atoms with Crippen molar-refractivity contribution < 1.29 is 22.3 Å². The second-order valence-electron chi connectivity index (χ2n) is 10.7. The first-order chi connectivity index (χ1) is 21.5. The number of ether oxygens (including phenoxy) is 1. The number of piperazine rings is 1. The second kappa shape index (κ2) is 13.4. The van der Waals surface area contributed by atoms with E-state index >= 15 is 0 Å². The van der Waals surface area contributed by atoms with Gasteiger partial charge in [0.05, 0.1) is 49.3 Å². The van der Waals surface area contributed by atoms with Crippen LogP contribution in [0.5, 0.6) is 5.75 Å². The molecule has 0 radical (unpaired) electrons. The van der Waals surface area contributed by atoms with Gasteiger partial charge < -0.3 is 24.5 Å². The van der Waals surface area contributed by atoms with Crippen molar-refractivity contribution in [3.8, 4) is 17.0 Å². The molecule has 2 fully saturated rings. The number of benzene rings is 1. The summed E-state index contributed by atoms with van der Waals surface area (Å²) in [6.45, 7) is 9.07. The summed E-state index contributed by atoms with van der Waals surface area (Å²) in [6, 6.07) is 6.85. The third-order valence-electron chi connectivity index (χ3n) is 8.09. The van der Waals surface area contributed by atoms with Gasteiger partial charge in [-0.3, -0.25) is 18.8 Å². The standard InChI is InChI=1S/C30H35FN8O4S/c1-4-23(39-12-10-38(11-13-39)19-16-42-17-19)29(40)37-28-27-20(8-9-32-28)21(15-33-27)26-18(2)14-34-30(36-26)35-22-6-5-7-24(25(22)31)43-44-41-3/h5-9,14-15,19,23,33H,4,10-13,16-17H2,1-3H3,(H,32,37,40)(H,34,35,36). The summed E-state index contributed by atoms with van der Waals surface area (Å²) in [4.78, 5) is 35.1. The van der Waals surface area contributed by atoms with Crippen molar-refractivity contribution >= 4 is 46.6 Å². The summed E-state index contributed by atoms with van der Waals surface area (Å²) in [5.74, 6) is 0.0192. The number of aromatic nitrogens is 4. The molecular weight excluding hydrogens is 587 g/mol. The SMILES string of the molecule is CCC(C(=O)Nc1nccc2c(-c3nc(Nc4cccc(OSOC)c4F)ncc3C)c[nH]c12)N1CCN(C2COC2)CC1. The molecule has 2 saturated heterocycles. The van der Waals surface area contributed by atoms with Crippen molar-refractivity contribution in [1.29, 1.82) is 0 Å². The maximum Gasteiger partial charge on any atom is 0.242 e. The van der Waals surface area contributed by atoms with Crippen molar-refractivity contribution in [3.05, 3.63) is 54.2 Å². The van der Waals surface area contributed by atoms with Gasteiger partial charge in [-0.2, -0.15) is 0 Å². The number of carbonyl (C=O) groups excluding carboxylic acids is 1. The molecule has 0 aliphatic carbocycles. The number of rotatable bonds is 11. The molecule has 0 spiro atoms. The van der Waals surface area contributed by atoms with Crippen LogP contribution in [0.2, 0.25) is 0 Å². The normalized spacial score (nSPS) is 16.9. The molecule has 2 aliphatic rings. The van der Waals surface area contributed by atoms with Crippen molar-refractivity contribution in [1.82, 2.24) is 29.7 Å². The van der Waals surface area contributed by atoms with E-state index in [1.807, 2.05) is 26.1 Å². The van der Waals surface area contributed by atoms with Gasteiger partial charge in [-0.25, -0.2) is 19.3 Å². The molecule has 1 amide bonds. The van der Waals surface area contributed by atoms with Crippen LogP contribution < -0.4 is 14.8 Å². The molecule has 5 heterocycles. The number of halogens is 1. The van der Waals surface area contributed by atoms with Gasteiger partial charge in [0.25, 0.3) is 0 Å². The van der Waals surface area contributed by atoms with Gasteiger partial charge in [-0.1, -0.05) is 13.0 Å².